The molecule has 0 saturated carbocycles. The van der Waals surface area contributed by atoms with E-state index in [4.69, 9.17) is 0 Å². The molecule has 0 unspecified atom stereocenters. The Labute approximate surface area is 242 Å². The highest BCUT2D eigenvalue weighted by molar-refractivity contribution is 6.15. The highest BCUT2D eigenvalue weighted by atomic mass is 15.1. The van der Waals surface area contributed by atoms with Crippen molar-refractivity contribution in [2.45, 2.75) is 0 Å². The summed E-state index contributed by atoms with van der Waals surface area (Å²) in [5.41, 5.74) is 9.63. The molecule has 0 spiro atoms. The van der Waals surface area contributed by atoms with Crippen LogP contribution in [0, 0.1) is 22.7 Å². The lowest BCUT2D eigenvalue weighted by Gasteiger charge is -2.15. The van der Waals surface area contributed by atoms with Crippen molar-refractivity contribution in [3.8, 4) is 34.6 Å². The van der Waals surface area contributed by atoms with Crippen LogP contribution in [-0.4, -0.2) is 9.13 Å². The van der Waals surface area contributed by atoms with Crippen molar-refractivity contribution in [1.82, 2.24) is 9.13 Å². The molecule has 6 aromatic carbocycles. The molecule has 4 heteroatoms. The van der Waals surface area contributed by atoms with Gasteiger partial charge < -0.3 is 9.13 Å². The lowest BCUT2D eigenvalue weighted by Crippen LogP contribution is -2.01. The number of hydrogen-bond donors (Lipinski definition) is 0. The molecule has 8 rings (SSSR count). The van der Waals surface area contributed by atoms with Gasteiger partial charge in [0, 0.05) is 27.2 Å². The summed E-state index contributed by atoms with van der Waals surface area (Å²) in [6, 6.07) is 50.1. The van der Waals surface area contributed by atoms with Gasteiger partial charge in [0.1, 0.15) is 0 Å². The van der Waals surface area contributed by atoms with E-state index in [2.05, 4.69) is 112 Å². The van der Waals surface area contributed by atoms with E-state index in [1.165, 1.54) is 5.39 Å². The highest BCUT2D eigenvalue weighted by Gasteiger charge is 2.20. The van der Waals surface area contributed by atoms with Gasteiger partial charge in [-0.05, 0) is 65.7 Å². The molecule has 0 atom stereocenters. The number of nitrogens with zero attached hydrogens (tertiary/aromatic N) is 4. The van der Waals surface area contributed by atoms with Crippen molar-refractivity contribution >= 4 is 43.6 Å². The lowest BCUT2D eigenvalue weighted by atomic mass is 10.00. The summed E-state index contributed by atoms with van der Waals surface area (Å²) in [5, 5.41) is 23.9. The van der Waals surface area contributed by atoms with Gasteiger partial charge >= 0.3 is 0 Å². The molecule has 8 aromatic rings. The third-order valence-electron chi connectivity index (χ3n) is 8.18. The van der Waals surface area contributed by atoms with E-state index in [1.807, 2.05) is 42.5 Å². The first-order valence-electron chi connectivity index (χ1n) is 13.8. The molecule has 0 aliphatic heterocycles. The molecule has 4 nitrogen and oxygen atoms in total. The fourth-order valence-electron chi connectivity index (χ4n) is 6.40. The van der Waals surface area contributed by atoms with Crippen LogP contribution in [0.2, 0.25) is 0 Å². The third kappa shape index (κ3) is 3.40. The molecule has 0 aliphatic rings. The van der Waals surface area contributed by atoms with E-state index in [1.54, 1.807) is 0 Å². The fourth-order valence-corrected chi connectivity index (χ4v) is 6.40. The van der Waals surface area contributed by atoms with Crippen molar-refractivity contribution in [1.29, 1.82) is 10.5 Å². The van der Waals surface area contributed by atoms with Crippen molar-refractivity contribution in [3.63, 3.8) is 0 Å². The number of hydrogen-bond acceptors (Lipinski definition) is 2. The summed E-state index contributed by atoms with van der Waals surface area (Å²) in [4.78, 5) is 0. The number of nitriles is 2. The number of para-hydroxylation sites is 3. The summed E-state index contributed by atoms with van der Waals surface area (Å²) in [6.45, 7) is 0. The number of rotatable bonds is 3. The molecule has 194 valence electrons. The monoisotopic (exact) mass is 534 g/mol. The van der Waals surface area contributed by atoms with E-state index in [9.17, 15) is 10.5 Å². The largest absolute Gasteiger partial charge is 0.307 e. The highest BCUT2D eigenvalue weighted by Crippen LogP contribution is 2.40. The van der Waals surface area contributed by atoms with Gasteiger partial charge in [0.15, 0.2) is 0 Å². The van der Waals surface area contributed by atoms with Crippen LogP contribution in [0.15, 0.2) is 133 Å². The number of fused-ring (bicyclic) bond motifs is 6. The van der Waals surface area contributed by atoms with Crippen LogP contribution in [0.3, 0.4) is 0 Å². The first kappa shape index (κ1) is 23.8. The molecular weight excluding hydrogens is 512 g/mol. The fraction of sp³-hybridized carbons (Fsp3) is 0. The topological polar surface area (TPSA) is 57.4 Å². The maximum absolute atomic E-state index is 9.79. The molecule has 0 fully saturated rings. The average Bonchev–Trinajstić information content (AvgIpc) is 3.57. The molecule has 2 heterocycles. The van der Waals surface area contributed by atoms with Gasteiger partial charge in [-0.2, -0.15) is 10.5 Å². The average molecular weight is 535 g/mol. The summed E-state index contributed by atoms with van der Waals surface area (Å²) in [5.74, 6) is 0. The Morgan fingerprint density at radius 1 is 0.476 bits per heavy atom. The molecule has 0 saturated heterocycles. The van der Waals surface area contributed by atoms with Crippen LogP contribution < -0.4 is 0 Å². The maximum Gasteiger partial charge on any atom is 0.0998 e. The van der Waals surface area contributed by atoms with E-state index in [0.717, 1.165) is 60.7 Å². The molecule has 42 heavy (non-hydrogen) atoms. The Morgan fingerprint density at radius 2 is 1.14 bits per heavy atom. The van der Waals surface area contributed by atoms with E-state index in [-0.39, 0.29) is 0 Å². The Kier molecular flexibility index (Phi) is 5.22. The quantitative estimate of drug-likeness (QED) is 0.227. The van der Waals surface area contributed by atoms with Gasteiger partial charge in [0.2, 0.25) is 0 Å². The van der Waals surface area contributed by atoms with Crippen LogP contribution in [0.5, 0.6) is 0 Å². The Balaban J connectivity index is 1.50. The minimum absolute atomic E-state index is 0.646. The van der Waals surface area contributed by atoms with Gasteiger partial charge in [-0.15, -0.1) is 0 Å². The summed E-state index contributed by atoms with van der Waals surface area (Å²) in [7, 11) is 0. The van der Waals surface area contributed by atoms with Gasteiger partial charge in [-0.25, -0.2) is 0 Å². The lowest BCUT2D eigenvalue weighted by molar-refractivity contribution is 1.13. The van der Waals surface area contributed by atoms with Crippen molar-refractivity contribution < 1.29 is 0 Å². The second-order valence-corrected chi connectivity index (χ2v) is 10.4. The predicted molar refractivity (Wildman–Crippen MR) is 170 cm³/mol. The van der Waals surface area contributed by atoms with Gasteiger partial charge in [0.25, 0.3) is 0 Å². The predicted octanol–water partition coefficient (Wildman–Crippen LogP) is 9.29. The number of benzene rings is 6. The number of aromatic nitrogens is 2. The minimum Gasteiger partial charge on any atom is -0.307 e. The normalized spacial score (nSPS) is 11.3. The van der Waals surface area contributed by atoms with Crippen LogP contribution in [-0.2, 0) is 0 Å². The van der Waals surface area contributed by atoms with Gasteiger partial charge in [-0.3, -0.25) is 0 Å². The second-order valence-electron chi connectivity index (χ2n) is 10.4. The molecular formula is C38H22N4. The van der Waals surface area contributed by atoms with Gasteiger partial charge in [0.05, 0.1) is 51.0 Å². The summed E-state index contributed by atoms with van der Waals surface area (Å²) in [6.07, 6.45) is 0. The SMILES string of the molecule is N#Cc1ccc2c(c1)c1ccccc1n2-c1cccc2c3ccccc3n(-c3cccc(-c4ccccc4C#N)c3)c12. The van der Waals surface area contributed by atoms with Crippen molar-refractivity contribution in [3.05, 3.63) is 145 Å². The van der Waals surface area contributed by atoms with E-state index < -0.39 is 0 Å². The van der Waals surface area contributed by atoms with Crippen LogP contribution in [0.4, 0.5) is 0 Å². The zero-order valence-corrected chi connectivity index (χ0v) is 22.5. The molecule has 0 aliphatic carbocycles. The Bertz CT molecular complexity index is 2440. The van der Waals surface area contributed by atoms with E-state index >= 15 is 0 Å². The van der Waals surface area contributed by atoms with Crippen molar-refractivity contribution in [2.24, 2.45) is 0 Å². The smallest absolute Gasteiger partial charge is 0.0998 e. The Hall–Kier alpha value is -6.10. The van der Waals surface area contributed by atoms with E-state index in [0.29, 0.717) is 11.1 Å². The third-order valence-corrected chi connectivity index (χ3v) is 8.18. The molecule has 0 amide bonds. The standard InChI is InChI=1S/C38H22N4/c39-23-25-19-20-36-33(21-25)31-14-4-6-17-35(31)42(36)37-18-8-15-32-30-13-3-5-16-34(30)41(38(32)37)28-11-7-10-26(22-28)29-12-2-1-9-27(29)24-40/h1-22H. The Morgan fingerprint density at radius 3 is 1.95 bits per heavy atom. The first-order chi connectivity index (χ1) is 20.8. The zero-order chi connectivity index (χ0) is 28.2. The van der Waals surface area contributed by atoms with Crippen LogP contribution in [0.1, 0.15) is 11.1 Å². The van der Waals surface area contributed by atoms with Crippen LogP contribution >= 0.6 is 0 Å². The molecule has 2 aromatic heterocycles. The summed E-state index contributed by atoms with van der Waals surface area (Å²) < 4.78 is 4.65. The van der Waals surface area contributed by atoms with Crippen LogP contribution in [0.25, 0.3) is 66.1 Å². The van der Waals surface area contributed by atoms with Crippen molar-refractivity contribution in [2.75, 3.05) is 0 Å². The maximum atomic E-state index is 9.79. The molecule has 0 bridgehead atoms. The minimum atomic E-state index is 0.646. The first-order valence-corrected chi connectivity index (χ1v) is 13.8. The molecule has 0 radical (unpaired) electrons. The zero-order valence-electron chi connectivity index (χ0n) is 22.5. The molecule has 0 N–H and O–H groups in total. The summed E-state index contributed by atoms with van der Waals surface area (Å²) >= 11 is 0. The van der Waals surface area contributed by atoms with Gasteiger partial charge in [-0.1, -0.05) is 78.9 Å². The second kappa shape index (κ2) is 9.24.